The molecule has 0 amide bonds. The van der Waals surface area contributed by atoms with Gasteiger partial charge in [-0.1, -0.05) is 53.6 Å². The van der Waals surface area contributed by atoms with Crippen LogP contribution >= 0.6 is 0 Å². The maximum absolute atomic E-state index is 10.5. The van der Waals surface area contributed by atoms with Gasteiger partial charge in [-0.25, -0.2) is 0 Å². The molecule has 4 heteroatoms. The van der Waals surface area contributed by atoms with E-state index in [0.29, 0.717) is 18.3 Å². The fourth-order valence-electron chi connectivity index (χ4n) is 4.69. The van der Waals surface area contributed by atoms with Crippen molar-refractivity contribution in [3.8, 4) is 0 Å². The molecule has 1 aromatic carbocycles. The van der Waals surface area contributed by atoms with Gasteiger partial charge in [0.2, 0.25) is 0 Å². The van der Waals surface area contributed by atoms with Gasteiger partial charge in [-0.2, -0.15) is 0 Å². The van der Waals surface area contributed by atoms with E-state index in [0.717, 1.165) is 38.0 Å². The molecule has 0 bridgehead atoms. The normalized spacial score (nSPS) is 28.1. The van der Waals surface area contributed by atoms with Crippen LogP contribution in [0.25, 0.3) is 0 Å². The van der Waals surface area contributed by atoms with E-state index >= 15 is 0 Å². The molecule has 2 aliphatic carbocycles. The number of benzene rings is 1. The van der Waals surface area contributed by atoms with E-state index in [4.69, 9.17) is 0 Å². The van der Waals surface area contributed by atoms with Crippen molar-refractivity contribution in [2.75, 3.05) is 33.7 Å². The zero-order chi connectivity index (χ0) is 20.1. The number of likely N-dealkylation sites (N-methyl/N-ethyl adjacent to an activating group) is 1. The number of nitrogens with one attached hydrogen (secondary N) is 1. The van der Waals surface area contributed by atoms with Gasteiger partial charge in [0, 0.05) is 32.0 Å². The molecule has 3 N–H and O–H groups in total. The van der Waals surface area contributed by atoms with Crippen LogP contribution in [0.2, 0.25) is 0 Å². The van der Waals surface area contributed by atoms with Crippen LogP contribution in [0.15, 0.2) is 48.1 Å². The van der Waals surface area contributed by atoms with Gasteiger partial charge in [0.25, 0.3) is 0 Å². The molecule has 0 radical (unpaired) electrons. The van der Waals surface area contributed by atoms with E-state index in [-0.39, 0.29) is 12.0 Å². The van der Waals surface area contributed by atoms with Crippen LogP contribution in [-0.4, -0.2) is 61.1 Å². The molecule has 154 valence electrons. The number of hydrogen-bond acceptors (Lipinski definition) is 4. The maximum Gasteiger partial charge on any atom is 0.0761 e. The topological polar surface area (TPSA) is 55.7 Å². The lowest BCUT2D eigenvalue weighted by molar-refractivity contribution is 0.140. The van der Waals surface area contributed by atoms with Gasteiger partial charge in [-0.15, -0.1) is 0 Å². The van der Waals surface area contributed by atoms with Crippen LogP contribution in [0.1, 0.15) is 24.0 Å². The Bertz CT molecular complexity index is 698. The molecule has 1 fully saturated rings. The molecule has 2 aliphatic rings. The zero-order valence-electron chi connectivity index (χ0n) is 17.5. The lowest BCUT2D eigenvalue weighted by Gasteiger charge is -2.19. The summed E-state index contributed by atoms with van der Waals surface area (Å²) in [6.45, 7) is 5.06. The third kappa shape index (κ3) is 5.77. The summed E-state index contributed by atoms with van der Waals surface area (Å²) in [5.74, 6) is 1.10. The van der Waals surface area contributed by atoms with Crippen molar-refractivity contribution < 1.29 is 10.2 Å². The first kappa shape index (κ1) is 21.3. The van der Waals surface area contributed by atoms with Crippen LogP contribution in [0, 0.1) is 24.7 Å². The van der Waals surface area contributed by atoms with Gasteiger partial charge >= 0.3 is 0 Å². The van der Waals surface area contributed by atoms with Gasteiger partial charge in [-0.05, 0) is 51.3 Å². The maximum atomic E-state index is 10.5. The van der Waals surface area contributed by atoms with Gasteiger partial charge < -0.3 is 20.4 Å². The molecule has 0 heterocycles. The first-order chi connectivity index (χ1) is 13.4. The second-order valence-corrected chi connectivity index (χ2v) is 8.86. The molecule has 0 spiro atoms. The lowest BCUT2D eigenvalue weighted by Crippen LogP contribution is -2.28. The second-order valence-electron chi connectivity index (χ2n) is 8.86. The SMILES string of the molecule is Cc1cccc(C[C@H](O)/C=C/[C@@H]2[C@H]3CC(CNCCN(C)C)=C[C@H]3C[C@H]2O)c1. The minimum atomic E-state index is -0.505. The highest BCUT2D eigenvalue weighted by atomic mass is 16.3. The Morgan fingerprint density at radius 1 is 1.32 bits per heavy atom. The smallest absolute Gasteiger partial charge is 0.0761 e. The molecule has 0 aromatic heterocycles. The monoisotopic (exact) mass is 384 g/mol. The standard InChI is InChI=1S/C24H36N2O2/c1-17-5-4-6-18(11-17)13-21(27)7-8-22-23-14-19(12-20(23)15-24(22)28)16-25-9-10-26(2)3/h4-8,11-12,20-25,27-28H,9-10,13-16H2,1-3H3/b8-7+/t20-,21+,22+,23-,24+/m0/s1. The van der Waals surface area contributed by atoms with Gasteiger partial charge in [0.05, 0.1) is 12.2 Å². The summed E-state index contributed by atoms with van der Waals surface area (Å²) >= 11 is 0. The second kappa shape index (κ2) is 9.84. The highest BCUT2D eigenvalue weighted by Crippen LogP contribution is 2.47. The third-order valence-corrected chi connectivity index (χ3v) is 6.12. The van der Waals surface area contributed by atoms with Crippen LogP contribution in [0.3, 0.4) is 0 Å². The summed E-state index contributed by atoms with van der Waals surface area (Å²) in [4.78, 5) is 2.18. The Kier molecular flexibility index (Phi) is 7.47. The molecule has 5 atom stereocenters. The third-order valence-electron chi connectivity index (χ3n) is 6.12. The first-order valence-corrected chi connectivity index (χ1v) is 10.6. The number of aliphatic hydroxyl groups is 2. The van der Waals surface area contributed by atoms with Crippen molar-refractivity contribution in [1.29, 1.82) is 0 Å². The van der Waals surface area contributed by atoms with E-state index in [2.05, 4.69) is 61.6 Å². The van der Waals surface area contributed by atoms with Crippen molar-refractivity contribution in [3.63, 3.8) is 0 Å². The summed E-state index contributed by atoms with van der Waals surface area (Å²) in [5.41, 5.74) is 3.83. The fraction of sp³-hybridized carbons (Fsp3) is 0.583. The predicted molar refractivity (Wildman–Crippen MR) is 115 cm³/mol. The summed E-state index contributed by atoms with van der Waals surface area (Å²) in [6, 6.07) is 8.28. The quantitative estimate of drug-likeness (QED) is 0.452. The highest BCUT2D eigenvalue weighted by Gasteiger charge is 2.43. The Morgan fingerprint density at radius 2 is 2.14 bits per heavy atom. The molecule has 0 unspecified atom stereocenters. The van der Waals surface area contributed by atoms with Gasteiger partial charge in [-0.3, -0.25) is 0 Å². The van der Waals surface area contributed by atoms with E-state index in [9.17, 15) is 10.2 Å². The number of fused-ring (bicyclic) bond motifs is 1. The molecule has 1 saturated carbocycles. The lowest BCUT2D eigenvalue weighted by atomic mass is 9.89. The number of hydrogen-bond donors (Lipinski definition) is 3. The number of nitrogens with zero attached hydrogens (tertiary/aromatic N) is 1. The molecule has 4 nitrogen and oxygen atoms in total. The van der Waals surface area contributed by atoms with Crippen molar-refractivity contribution in [2.45, 2.75) is 38.4 Å². The van der Waals surface area contributed by atoms with Crippen LogP contribution in [0.4, 0.5) is 0 Å². The van der Waals surface area contributed by atoms with E-state index in [1.807, 2.05) is 12.1 Å². The van der Waals surface area contributed by atoms with Crippen molar-refractivity contribution in [2.24, 2.45) is 17.8 Å². The molecule has 0 saturated heterocycles. The Balaban J connectivity index is 1.50. The van der Waals surface area contributed by atoms with E-state index in [1.54, 1.807) is 0 Å². The highest BCUT2D eigenvalue weighted by molar-refractivity contribution is 5.24. The van der Waals surface area contributed by atoms with Crippen LogP contribution < -0.4 is 5.32 Å². The number of aliphatic hydroxyl groups excluding tert-OH is 2. The average Bonchev–Trinajstić information content (AvgIpc) is 3.13. The van der Waals surface area contributed by atoms with Crippen LogP contribution in [-0.2, 0) is 6.42 Å². The van der Waals surface area contributed by atoms with Gasteiger partial charge in [0.1, 0.15) is 0 Å². The van der Waals surface area contributed by atoms with E-state index in [1.165, 1.54) is 11.1 Å². The number of aryl methyl sites for hydroxylation is 1. The molecule has 28 heavy (non-hydrogen) atoms. The van der Waals surface area contributed by atoms with Crippen LogP contribution in [0.5, 0.6) is 0 Å². The largest absolute Gasteiger partial charge is 0.392 e. The molecule has 1 aromatic rings. The summed E-state index contributed by atoms with van der Waals surface area (Å²) in [5, 5.41) is 24.5. The summed E-state index contributed by atoms with van der Waals surface area (Å²) in [6.07, 6.45) is 8.07. The summed E-state index contributed by atoms with van der Waals surface area (Å²) < 4.78 is 0. The van der Waals surface area contributed by atoms with Crippen molar-refractivity contribution in [1.82, 2.24) is 10.2 Å². The average molecular weight is 385 g/mol. The summed E-state index contributed by atoms with van der Waals surface area (Å²) in [7, 11) is 4.18. The van der Waals surface area contributed by atoms with Gasteiger partial charge in [0.15, 0.2) is 0 Å². The first-order valence-electron chi connectivity index (χ1n) is 10.6. The molecular formula is C24H36N2O2. The number of rotatable bonds is 9. The molecule has 0 aliphatic heterocycles. The van der Waals surface area contributed by atoms with E-state index < -0.39 is 6.10 Å². The Labute approximate surface area is 170 Å². The minimum Gasteiger partial charge on any atom is -0.392 e. The predicted octanol–water partition coefficient (Wildman–Crippen LogP) is 2.55. The fourth-order valence-corrected chi connectivity index (χ4v) is 4.69. The van der Waals surface area contributed by atoms with Crippen molar-refractivity contribution >= 4 is 0 Å². The minimum absolute atomic E-state index is 0.146. The molecule has 3 rings (SSSR count). The molecular weight excluding hydrogens is 348 g/mol. The number of allylic oxidation sites excluding steroid dienone is 1. The Hall–Kier alpha value is -1.46. The Morgan fingerprint density at radius 3 is 2.89 bits per heavy atom. The zero-order valence-corrected chi connectivity index (χ0v) is 17.5. The van der Waals surface area contributed by atoms with Crippen molar-refractivity contribution in [3.05, 3.63) is 59.2 Å².